The standard InChI is InChI=1S/C23H22FNO4S/c24-20-9-7-18(8-10-20)17-3-5-19(6-4-17)23(26)25-13-11-22(12-14-25)30(27,28)16-21-2-1-15-29-21/h1-10,15,22H,11-14,16H2. The molecule has 1 amide bonds. The van der Waals surface area contributed by atoms with Crippen LogP contribution in [0.2, 0.25) is 0 Å². The molecule has 7 heteroatoms. The zero-order valence-corrected chi connectivity index (χ0v) is 17.1. The van der Waals surface area contributed by atoms with Crippen molar-refractivity contribution in [1.29, 1.82) is 0 Å². The molecule has 2 heterocycles. The molecule has 1 aromatic heterocycles. The summed E-state index contributed by atoms with van der Waals surface area (Å²) >= 11 is 0. The highest BCUT2D eigenvalue weighted by Gasteiger charge is 2.32. The highest BCUT2D eigenvalue weighted by Crippen LogP contribution is 2.24. The van der Waals surface area contributed by atoms with E-state index in [-0.39, 0.29) is 17.5 Å². The fraction of sp³-hybridized carbons (Fsp3) is 0.261. The number of hydrogen-bond donors (Lipinski definition) is 0. The topological polar surface area (TPSA) is 67.6 Å². The first-order valence-electron chi connectivity index (χ1n) is 9.81. The largest absolute Gasteiger partial charge is 0.468 e. The number of hydrogen-bond acceptors (Lipinski definition) is 4. The van der Waals surface area contributed by atoms with Crippen molar-refractivity contribution in [3.63, 3.8) is 0 Å². The van der Waals surface area contributed by atoms with Gasteiger partial charge in [-0.3, -0.25) is 4.79 Å². The summed E-state index contributed by atoms with van der Waals surface area (Å²) in [6.45, 7) is 0.807. The number of piperidine rings is 1. The van der Waals surface area contributed by atoms with Gasteiger partial charge < -0.3 is 9.32 Å². The van der Waals surface area contributed by atoms with Crippen molar-refractivity contribution in [2.75, 3.05) is 13.1 Å². The van der Waals surface area contributed by atoms with Gasteiger partial charge in [-0.25, -0.2) is 12.8 Å². The molecular weight excluding hydrogens is 405 g/mol. The van der Waals surface area contributed by atoms with Gasteiger partial charge in [-0.1, -0.05) is 24.3 Å². The molecule has 5 nitrogen and oxygen atoms in total. The Labute approximate surface area is 175 Å². The van der Waals surface area contributed by atoms with Gasteiger partial charge in [0.2, 0.25) is 0 Å². The van der Waals surface area contributed by atoms with Crippen molar-refractivity contribution in [3.8, 4) is 11.1 Å². The molecule has 30 heavy (non-hydrogen) atoms. The second kappa shape index (κ2) is 8.44. The Kier molecular flexibility index (Phi) is 5.72. The summed E-state index contributed by atoms with van der Waals surface area (Å²) in [4.78, 5) is 14.5. The van der Waals surface area contributed by atoms with Crippen molar-refractivity contribution in [3.05, 3.63) is 84.1 Å². The Bertz CT molecular complexity index is 1100. The van der Waals surface area contributed by atoms with Gasteiger partial charge in [0.1, 0.15) is 17.3 Å². The molecule has 1 saturated heterocycles. The van der Waals surface area contributed by atoms with Crippen LogP contribution < -0.4 is 0 Å². The van der Waals surface area contributed by atoms with E-state index >= 15 is 0 Å². The number of benzene rings is 2. The second-order valence-electron chi connectivity index (χ2n) is 7.46. The maximum absolute atomic E-state index is 13.1. The van der Waals surface area contributed by atoms with Crippen molar-refractivity contribution in [1.82, 2.24) is 4.90 Å². The lowest BCUT2D eigenvalue weighted by molar-refractivity contribution is 0.0725. The number of sulfone groups is 1. The Morgan fingerprint density at radius 1 is 0.967 bits per heavy atom. The number of rotatable bonds is 5. The van der Waals surface area contributed by atoms with E-state index in [2.05, 4.69) is 0 Å². The summed E-state index contributed by atoms with van der Waals surface area (Å²) in [5, 5.41) is -0.465. The predicted molar refractivity (Wildman–Crippen MR) is 112 cm³/mol. The average molecular weight is 427 g/mol. The lowest BCUT2D eigenvalue weighted by Crippen LogP contribution is -2.42. The molecule has 1 aliphatic heterocycles. The van der Waals surface area contributed by atoms with Crippen LogP contribution in [0.1, 0.15) is 29.0 Å². The van der Waals surface area contributed by atoms with E-state index < -0.39 is 15.1 Å². The van der Waals surface area contributed by atoms with Crippen LogP contribution in [-0.2, 0) is 15.6 Å². The fourth-order valence-corrected chi connectivity index (χ4v) is 5.48. The fourth-order valence-electron chi connectivity index (χ4n) is 3.76. The molecule has 0 N–H and O–H groups in total. The smallest absolute Gasteiger partial charge is 0.253 e. The Morgan fingerprint density at radius 2 is 1.57 bits per heavy atom. The minimum atomic E-state index is -3.32. The van der Waals surface area contributed by atoms with Gasteiger partial charge in [0, 0.05) is 18.7 Å². The number of furan rings is 1. The van der Waals surface area contributed by atoms with Crippen LogP contribution in [0.15, 0.2) is 71.3 Å². The quantitative estimate of drug-likeness (QED) is 0.609. The third-order valence-electron chi connectivity index (χ3n) is 5.47. The number of carbonyl (C=O) groups is 1. The molecular formula is C23H22FNO4S. The molecule has 0 unspecified atom stereocenters. The zero-order valence-electron chi connectivity index (χ0n) is 16.3. The van der Waals surface area contributed by atoms with Crippen molar-refractivity contribution >= 4 is 15.7 Å². The maximum Gasteiger partial charge on any atom is 0.253 e. The molecule has 3 aromatic rings. The van der Waals surface area contributed by atoms with Gasteiger partial charge in [0.15, 0.2) is 9.84 Å². The summed E-state index contributed by atoms with van der Waals surface area (Å²) in [5.41, 5.74) is 2.32. The predicted octanol–water partition coefficient (Wildman–Crippen LogP) is 4.31. The number of amides is 1. The lowest BCUT2D eigenvalue weighted by atomic mass is 10.0. The normalized spacial score (nSPS) is 15.3. The monoisotopic (exact) mass is 427 g/mol. The van der Waals surface area contributed by atoms with Crippen LogP contribution in [0.3, 0.4) is 0 Å². The van der Waals surface area contributed by atoms with Gasteiger partial charge in [-0.15, -0.1) is 0 Å². The number of halogens is 1. The third-order valence-corrected chi connectivity index (χ3v) is 7.64. The van der Waals surface area contributed by atoms with Crippen LogP contribution in [0.25, 0.3) is 11.1 Å². The SMILES string of the molecule is O=C(c1ccc(-c2ccc(F)cc2)cc1)N1CCC(S(=O)(=O)Cc2ccco2)CC1. The summed E-state index contributed by atoms with van der Waals surface area (Å²) in [5.74, 6) is -0.0684. The number of carbonyl (C=O) groups excluding carboxylic acids is 1. The minimum absolute atomic E-state index is 0.108. The number of likely N-dealkylation sites (tertiary alicyclic amines) is 1. The van der Waals surface area contributed by atoms with Crippen LogP contribution in [-0.4, -0.2) is 37.6 Å². The van der Waals surface area contributed by atoms with Crippen molar-refractivity contribution < 1.29 is 22.0 Å². The van der Waals surface area contributed by atoms with E-state index in [0.29, 0.717) is 37.3 Å². The van der Waals surface area contributed by atoms with E-state index in [0.717, 1.165) is 11.1 Å². The molecule has 0 spiro atoms. The molecule has 0 radical (unpaired) electrons. The van der Waals surface area contributed by atoms with Gasteiger partial charge >= 0.3 is 0 Å². The molecule has 0 bridgehead atoms. The lowest BCUT2D eigenvalue weighted by Gasteiger charge is -2.31. The maximum atomic E-state index is 13.1. The molecule has 0 aliphatic carbocycles. The molecule has 4 rings (SSSR count). The highest BCUT2D eigenvalue weighted by molar-refractivity contribution is 7.91. The Hall–Kier alpha value is -2.93. The third kappa shape index (κ3) is 4.46. The molecule has 1 aliphatic rings. The summed E-state index contributed by atoms with van der Waals surface area (Å²) in [6.07, 6.45) is 2.30. The highest BCUT2D eigenvalue weighted by atomic mass is 32.2. The van der Waals surface area contributed by atoms with Gasteiger partial charge in [0.05, 0.1) is 11.5 Å². The Morgan fingerprint density at radius 3 is 2.13 bits per heavy atom. The summed E-state index contributed by atoms with van der Waals surface area (Å²) in [6, 6.07) is 16.7. The van der Waals surface area contributed by atoms with Gasteiger partial charge in [-0.05, 0) is 60.4 Å². The molecule has 156 valence electrons. The number of nitrogens with zero attached hydrogens (tertiary/aromatic N) is 1. The molecule has 2 aromatic carbocycles. The van der Waals surface area contributed by atoms with E-state index in [1.807, 2.05) is 12.1 Å². The van der Waals surface area contributed by atoms with Crippen LogP contribution in [0.5, 0.6) is 0 Å². The minimum Gasteiger partial charge on any atom is -0.468 e. The van der Waals surface area contributed by atoms with Gasteiger partial charge in [-0.2, -0.15) is 0 Å². The van der Waals surface area contributed by atoms with Crippen molar-refractivity contribution in [2.24, 2.45) is 0 Å². The first-order valence-corrected chi connectivity index (χ1v) is 11.5. The van der Waals surface area contributed by atoms with E-state index in [9.17, 15) is 17.6 Å². The summed E-state index contributed by atoms with van der Waals surface area (Å²) in [7, 11) is -3.32. The average Bonchev–Trinajstić information content (AvgIpc) is 3.26. The van der Waals surface area contributed by atoms with E-state index in [1.165, 1.54) is 18.4 Å². The molecule has 0 atom stereocenters. The van der Waals surface area contributed by atoms with Crippen molar-refractivity contribution in [2.45, 2.75) is 23.8 Å². The summed E-state index contributed by atoms with van der Waals surface area (Å²) < 4.78 is 43.5. The van der Waals surface area contributed by atoms with Crippen LogP contribution >= 0.6 is 0 Å². The molecule has 0 saturated carbocycles. The van der Waals surface area contributed by atoms with Gasteiger partial charge in [0.25, 0.3) is 5.91 Å². The van der Waals surface area contributed by atoms with Crippen LogP contribution in [0.4, 0.5) is 4.39 Å². The first-order chi connectivity index (χ1) is 14.4. The Balaban J connectivity index is 1.37. The van der Waals surface area contributed by atoms with E-state index in [4.69, 9.17) is 4.42 Å². The van der Waals surface area contributed by atoms with Crippen LogP contribution in [0, 0.1) is 5.82 Å². The zero-order chi connectivity index (χ0) is 21.1. The first kappa shape index (κ1) is 20.3. The molecule has 1 fully saturated rings. The van der Waals surface area contributed by atoms with E-state index in [1.54, 1.807) is 41.3 Å². The second-order valence-corrected chi connectivity index (χ2v) is 9.74.